The number of hydrogen-bond acceptors (Lipinski definition) is 11. The number of rotatable bonds is 18. The van der Waals surface area contributed by atoms with Crippen LogP contribution in [0, 0.1) is 0 Å². The molecule has 13 heteroatoms. The highest BCUT2D eigenvalue weighted by atomic mass is 16.5. The zero-order valence-corrected chi connectivity index (χ0v) is 27.5. The summed E-state index contributed by atoms with van der Waals surface area (Å²) in [5, 5.41) is 51.3. The number of fused-ring (bicyclic) bond motifs is 2. The summed E-state index contributed by atoms with van der Waals surface area (Å²) in [6.45, 7) is 10.4. The highest BCUT2D eigenvalue weighted by molar-refractivity contribution is 5.81. The van der Waals surface area contributed by atoms with Crippen LogP contribution in [-0.4, -0.2) is 71.7 Å². The van der Waals surface area contributed by atoms with Gasteiger partial charge < -0.3 is 34.3 Å². The van der Waals surface area contributed by atoms with Crippen LogP contribution in [-0.2, 0) is 0 Å². The maximum absolute atomic E-state index is 11.5. The molecule has 5 rings (SSSR count). The molecule has 3 aromatic carbocycles. The molecule has 0 aliphatic heterocycles. The number of nitrogens with zero attached hydrogens (tertiary/aromatic N) is 6. The normalized spacial score (nSPS) is 11.4. The predicted molar refractivity (Wildman–Crippen MR) is 178 cm³/mol. The van der Waals surface area contributed by atoms with Crippen molar-refractivity contribution in [3.05, 3.63) is 30.3 Å². The van der Waals surface area contributed by atoms with E-state index < -0.39 is 17.2 Å². The van der Waals surface area contributed by atoms with Crippen molar-refractivity contribution < 1.29 is 34.3 Å². The van der Waals surface area contributed by atoms with Crippen LogP contribution in [0.3, 0.4) is 0 Å². The number of unbranched alkanes of at least 4 members (excludes halogenated alkanes) is 4. The minimum atomic E-state index is -0.527. The van der Waals surface area contributed by atoms with Crippen LogP contribution < -0.4 is 18.9 Å². The van der Waals surface area contributed by atoms with Crippen molar-refractivity contribution in [1.82, 2.24) is 30.0 Å². The van der Waals surface area contributed by atoms with Crippen molar-refractivity contribution in [2.75, 3.05) is 26.4 Å². The number of benzene rings is 3. The van der Waals surface area contributed by atoms with Crippen LogP contribution in [0.15, 0.2) is 30.3 Å². The Morgan fingerprint density at radius 2 is 0.745 bits per heavy atom. The molecule has 13 nitrogen and oxygen atoms in total. The van der Waals surface area contributed by atoms with E-state index in [4.69, 9.17) is 18.9 Å². The molecule has 3 N–H and O–H groups in total. The van der Waals surface area contributed by atoms with Crippen molar-refractivity contribution in [3.63, 3.8) is 0 Å². The minimum absolute atomic E-state index is 0.163. The Labute approximate surface area is 273 Å². The van der Waals surface area contributed by atoms with Crippen molar-refractivity contribution in [2.24, 2.45) is 0 Å². The van der Waals surface area contributed by atoms with Gasteiger partial charge in [0.1, 0.15) is 22.1 Å². The van der Waals surface area contributed by atoms with E-state index in [2.05, 4.69) is 48.1 Å². The molecule has 0 amide bonds. The molecule has 0 fully saturated rings. The number of phenols is 3. The average Bonchev–Trinajstić information content (AvgIpc) is 3.64. The molecule has 0 saturated carbocycles. The van der Waals surface area contributed by atoms with E-state index in [1.807, 2.05) is 0 Å². The van der Waals surface area contributed by atoms with E-state index in [0.29, 0.717) is 71.5 Å². The van der Waals surface area contributed by atoms with E-state index in [9.17, 15) is 15.3 Å². The lowest BCUT2D eigenvalue weighted by molar-refractivity contribution is 0.262. The third-order valence-electron chi connectivity index (χ3n) is 7.52. The molecule has 0 atom stereocenters. The zero-order chi connectivity index (χ0) is 33.3. The number of ether oxygens (including phenoxy) is 4. The first-order valence-electron chi connectivity index (χ1n) is 16.5. The molecule has 2 aromatic heterocycles. The second-order valence-corrected chi connectivity index (χ2v) is 11.3. The van der Waals surface area contributed by atoms with Gasteiger partial charge in [0.25, 0.3) is 0 Å². The number of hydrogen-bond donors (Lipinski definition) is 3. The lowest BCUT2D eigenvalue weighted by atomic mass is 10.2. The molecule has 0 aliphatic carbocycles. The third kappa shape index (κ3) is 7.55. The van der Waals surface area contributed by atoms with Crippen LogP contribution in [0.25, 0.3) is 33.4 Å². The van der Waals surface area contributed by atoms with E-state index in [1.165, 1.54) is 0 Å². The zero-order valence-electron chi connectivity index (χ0n) is 27.5. The van der Waals surface area contributed by atoms with Crippen molar-refractivity contribution in [1.29, 1.82) is 0 Å². The largest absolute Gasteiger partial charge is 0.505 e. The summed E-state index contributed by atoms with van der Waals surface area (Å²) in [4.78, 5) is 2.21. The number of phenolic OH excluding ortho intramolecular Hbond substituents is 3. The Kier molecular flexibility index (Phi) is 11.1. The summed E-state index contributed by atoms with van der Waals surface area (Å²) >= 11 is 0. The van der Waals surface area contributed by atoms with Gasteiger partial charge in [-0.15, -0.1) is 30.0 Å². The van der Waals surface area contributed by atoms with Crippen LogP contribution in [0.1, 0.15) is 79.1 Å². The van der Waals surface area contributed by atoms with Gasteiger partial charge in [-0.25, -0.2) is 0 Å². The average molecular weight is 649 g/mol. The monoisotopic (exact) mass is 648 g/mol. The highest BCUT2D eigenvalue weighted by Crippen LogP contribution is 2.43. The fraction of sp³-hybridized carbons (Fsp3) is 0.471. The number of aromatic nitrogens is 6. The van der Waals surface area contributed by atoms with E-state index >= 15 is 0 Å². The SMILES string of the molecule is CCCCOc1cc2nn(-c3c(O)cc(O)c(-n4nc5cc(OCCCC)c(OCCCC)cc5n4)c3O)nc2cc1OCCCC. The third-order valence-corrected chi connectivity index (χ3v) is 7.52. The van der Waals surface area contributed by atoms with Gasteiger partial charge in [-0.1, -0.05) is 53.4 Å². The van der Waals surface area contributed by atoms with Crippen LogP contribution in [0.2, 0.25) is 0 Å². The summed E-state index contributed by atoms with van der Waals surface area (Å²) < 4.78 is 24.0. The Bertz CT molecular complexity index is 1580. The summed E-state index contributed by atoms with van der Waals surface area (Å²) in [7, 11) is 0. The fourth-order valence-electron chi connectivity index (χ4n) is 4.82. The Morgan fingerprint density at radius 3 is 1.00 bits per heavy atom. The first-order valence-corrected chi connectivity index (χ1v) is 16.5. The van der Waals surface area contributed by atoms with Gasteiger partial charge in [0, 0.05) is 30.3 Å². The van der Waals surface area contributed by atoms with Gasteiger partial charge in [0.2, 0.25) is 0 Å². The first-order chi connectivity index (χ1) is 22.9. The van der Waals surface area contributed by atoms with Crippen LogP contribution in [0.5, 0.6) is 40.2 Å². The molecule has 0 radical (unpaired) electrons. The Hall–Kier alpha value is -4.94. The molecule has 0 saturated heterocycles. The maximum atomic E-state index is 11.5. The summed E-state index contributed by atoms with van der Waals surface area (Å²) in [6.07, 6.45) is 7.46. The van der Waals surface area contributed by atoms with Gasteiger partial charge in [-0.3, -0.25) is 0 Å². The lowest BCUT2D eigenvalue weighted by Crippen LogP contribution is -2.05. The molecule has 47 heavy (non-hydrogen) atoms. The van der Waals surface area contributed by atoms with E-state index in [-0.39, 0.29) is 11.4 Å². The second kappa shape index (κ2) is 15.6. The predicted octanol–water partition coefficient (Wildman–Crippen LogP) is 6.99. The van der Waals surface area contributed by atoms with Crippen molar-refractivity contribution >= 4 is 22.1 Å². The number of aromatic hydroxyl groups is 3. The van der Waals surface area contributed by atoms with Crippen LogP contribution >= 0.6 is 0 Å². The van der Waals surface area contributed by atoms with Gasteiger partial charge in [-0.05, 0) is 25.7 Å². The van der Waals surface area contributed by atoms with Gasteiger partial charge in [0.15, 0.2) is 51.6 Å². The molecule has 252 valence electrons. The first kappa shape index (κ1) is 33.4. The van der Waals surface area contributed by atoms with Gasteiger partial charge >= 0.3 is 0 Å². The molecule has 0 unspecified atom stereocenters. The molecule has 0 aliphatic rings. The topological polar surface area (TPSA) is 159 Å². The summed E-state index contributed by atoms with van der Waals surface area (Å²) in [5.41, 5.74) is 1.52. The van der Waals surface area contributed by atoms with Gasteiger partial charge in [-0.2, -0.15) is 0 Å². The van der Waals surface area contributed by atoms with Crippen molar-refractivity contribution in [2.45, 2.75) is 79.1 Å². The van der Waals surface area contributed by atoms with Crippen molar-refractivity contribution in [3.8, 4) is 51.6 Å². The molecular weight excluding hydrogens is 604 g/mol. The fourth-order valence-corrected chi connectivity index (χ4v) is 4.82. The quantitative estimate of drug-likeness (QED) is 0.0841. The van der Waals surface area contributed by atoms with Crippen LogP contribution in [0.4, 0.5) is 0 Å². The maximum Gasteiger partial charge on any atom is 0.178 e. The molecule has 5 aromatic rings. The molecule has 0 bridgehead atoms. The molecule has 2 heterocycles. The standard InChI is InChI=1S/C34H44N6O7/c1-5-9-13-44-28-17-22-23(18-29(28)45-14-10-6-2)36-39(35-22)32-26(41)21-27(42)33(34(32)43)40-37-24-19-30(46-15-11-7-3)31(20-25(24)38-40)47-16-12-8-4/h17-21,41-43H,5-16H2,1-4H3. The van der Waals surface area contributed by atoms with E-state index in [1.54, 1.807) is 24.3 Å². The Morgan fingerprint density at radius 1 is 0.468 bits per heavy atom. The van der Waals surface area contributed by atoms with E-state index in [0.717, 1.165) is 67.0 Å². The smallest absolute Gasteiger partial charge is 0.178 e. The highest BCUT2D eigenvalue weighted by Gasteiger charge is 2.25. The minimum Gasteiger partial charge on any atom is -0.505 e. The lowest BCUT2D eigenvalue weighted by Gasteiger charge is -2.12. The molecular formula is C34H44N6O7. The summed E-state index contributed by atoms with van der Waals surface area (Å²) in [6, 6.07) is 8.00. The van der Waals surface area contributed by atoms with Gasteiger partial charge in [0.05, 0.1) is 26.4 Å². The Balaban J connectivity index is 1.54. The summed E-state index contributed by atoms with van der Waals surface area (Å²) in [5.74, 6) is 0.737. The molecule has 0 spiro atoms. The second-order valence-electron chi connectivity index (χ2n) is 11.3.